The Morgan fingerprint density at radius 1 is 0.846 bits per heavy atom. The van der Waals surface area contributed by atoms with E-state index in [-0.39, 0.29) is 10.6 Å². The molecule has 10 heteroatoms. The molecule has 4 aromatic rings. The topological polar surface area (TPSA) is 84.9 Å². The Bertz CT molecular complexity index is 1610. The number of nitrogens with zero attached hydrogens (tertiary/aromatic N) is 1. The molecule has 0 aliphatic heterocycles. The Hall–Kier alpha value is -3.72. The van der Waals surface area contributed by atoms with Gasteiger partial charge in [0, 0.05) is 10.0 Å². The number of aryl methyl sites for hydroxylation is 2. The van der Waals surface area contributed by atoms with Crippen LogP contribution in [0, 0.1) is 13.8 Å². The molecule has 0 fully saturated rings. The molecule has 0 unspecified atom stereocenters. The number of ether oxygens (including phenoxy) is 2. The lowest BCUT2D eigenvalue weighted by molar-refractivity contribution is -0.114. The van der Waals surface area contributed by atoms with E-state index in [0.717, 1.165) is 9.87 Å². The van der Waals surface area contributed by atoms with Crippen molar-refractivity contribution < 1.29 is 22.7 Å². The summed E-state index contributed by atoms with van der Waals surface area (Å²) in [5, 5.41) is 3.56. The maximum atomic E-state index is 13.8. The second-order valence-corrected chi connectivity index (χ2v) is 11.4. The van der Waals surface area contributed by atoms with Crippen molar-refractivity contribution in [3.05, 3.63) is 106 Å². The number of rotatable bonds is 9. The van der Waals surface area contributed by atoms with Crippen molar-refractivity contribution in [3.8, 4) is 17.2 Å². The first-order chi connectivity index (χ1) is 18.6. The number of hydrogen-bond acceptors (Lipinski definition) is 5. The molecule has 0 bridgehead atoms. The largest absolute Gasteiger partial charge is 0.493 e. The van der Waals surface area contributed by atoms with E-state index in [0.29, 0.717) is 38.5 Å². The van der Waals surface area contributed by atoms with Crippen molar-refractivity contribution in [2.75, 3.05) is 23.3 Å². The molecule has 0 atom stereocenters. The minimum Gasteiger partial charge on any atom is -0.493 e. The van der Waals surface area contributed by atoms with Crippen LogP contribution in [0.2, 0.25) is 10.0 Å². The summed E-state index contributed by atoms with van der Waals surface area (Å²) in [4.78, 5) is 13.4. The monoisotopic (exact) mass is 584 g/mol. The van der Waals surface area contributed by atoms with Gasteiger partial charge in [-0.25, -0.2) is 8.42 Å². The number of hydrogen-bond donors (Lipinski definition) is 1. The summed E-state index contributed by atoms with van der Waals surface area (Å²) in [5.74, 6) is 0.622. The number of para-hydroxylation sites is 2. The van der Waals surface area contributed by atoms with Crippen LogP contribution in [0.1, 0.15) is 11.1 Å². The third-order valence-electron chi connectivity index (χ3n) is 5.83. The van der Waals surface area contributed by atoms with Crippen LogP contribution < -0.4 is 19.1 Å². The number of anilines is 2. The van der Waals surface area contributed by atoms with E-state index in [1.165, 1.54) is 25.3 Å². The van der Waals surface area contributed by atoms with Gasteiger partial charge in [-0.05, 0) is 80.1 Å². The van der Waals surface area contributed by atoms with Crippen LogP contribution in [-0.4, -0.2) is 28.0 Å². The van der Waals surface area contributed by atoms with Gasteiger partial charge in [-0.3, -0.25) is 9.10 Å². The summed E-state index contributed by atoms with van der Waals surface area (Å²) >= 11 is 12.3. The molecule has 1 N–H and O–H groups in total. The van der Waals surface area contributed by atoms with E-state index < -0.39 is 22.5 Å². The number of benzene rings is 4. The highest BCUT2D eigenvalue weighted by Crippen LogP contribution is 2.36. The number of carbonyl (C=O) groups is 1. The SMILES string of the molecule is COc1ccccc1Oc1ccc(Cl)cc1NC(=O)CN(c1ccc(Cl)cc1C)S(=O)(=O)c1ccc(C)cc1. The number of sulfonamides is 1. The molecule has 39 heavy (non-hydrogen) atoms. The molecule has 0 saturated heterocycles. The summed E-state index contributed by atoms with van der Waals surface area (Å²) in [6.07, 6.45) is 0. The second kappa shape index (κ2) is 12.0. The van der Waals surface area contributed by atoms with Gasteiger partial charge in [0.05, 0.1) is 23.4 Å². The van der Waals surface area contributed by atoms with Gasteiger partial charge in [0.2, 0.25) is 5.91 Å². The second-order valence-electron chi connectivity index (χ2n) is 8.70. The van der Waals surface area contributed by atoms with Crippen LogP contribution >= 0.6 is 23.2 Å². The number of amides is 1. The van der Waals surface area contributed by atoms with Gasteiger partial charge in [-0.2, -0.15) is 0 Å². The molecule has 0 radical (unpaired) electrons. The lowest BCUT2D eigenvalue weighted by Crippen LogP contribution is -2.38. The zero-order valence-corrected chi connectivity index (χ0v) is 23.8. The predicted molar refractivity (Wildman–Crippen MR) is 155 cm³/mol. The zero-order chi connectivity index (χ0) is 28.2. The molecular weight excluding hydrogens is 559 g/mol. The fourth-order valence-electron chi connectivity index (χ4n) is 3.87. The highest BCUT2D eigenvalue weighted by molar-refractivity contribution is 7.92. The van der Waals surface area contributed by atoms with Gasteiger partial charge >= 0.3 is 0 Å². The zero-order valence-electron chi connectivity index (χ0n) is 21.4. The van der Waals surface area contributed by atoms with Crippen LogP contribution in [0.3, 0.4) is 0 Å². The van der Waals surface area contributed by atoms with Crippen molar-refractivity contribution in [1.82, 2.24) is 0 Å². The van der Waals surface area contributed by atoms with E-state index in [1.54, 1.807) is 73.7 Å². The first-order valence-corrected chi connectivity index (χ1v) is 14.0. The lowest BCUT2D eigenvalue weighted by Gasteiger charge is -2.26. The summed E-state index contributed by atoms with van der Waals surface area (Å²) in [6, 6.07) is 23.0. The van der Waals surface area contributed by atoms with E-state index in [9.17, 15) is 13.2 Å². The van der Waals surface area contributed by atoms with Gasteiger partial charge in [-0.15, -0.1) is 0 Å². The van der Waals surface area contributed by atoms with Gasteiger partial charge in [0.15, 0.2) is 17.2 Å². The first-order valence-electron chi connectivity index (χ1n) is 11.8. The standard InChI is InChI=1S/C29H26Cl2N2O5S/c1-19-8-12-23(13-9-19)39(35,36)33(25-14-10-21(30)16-20(25)2)18-29(34)32-24-17-22(31)11-15-26(24)38-28-7-5-4-6-27(28)37-3/h4-17H,18H2,1-3H3,(H,32,34). The maximum absolute atomic E-state index is 13.8. The van der Waals surface area contributed by atoms with Crippen molar-refractivity contribution in [2.45, 2.75) is 18.7 Å². The smallest absolute Gasteiger partial charge is 0.264 e. The van der Waals surface area contributed by atoms with Crippen LogP contribution in [0.5, 0.6) is 17.2 Å². The molecule has 4 aromatic carbocycles. The third kappa shape index (κ3) is 6.65. The molecule has 0 aliphatic carbocycles. The third-order valence-corrected chi connectivity index (χ3v) is 8.07. The molecule has 202 valence electrons. The Morgan fingerprint density at radius 3 is 2.15 bits per heavy atom. The van der Waals surface area contributed by atoms with E-state index >= 15 is 0 Å². The molecule has 1 amide bonds. The molecule has 0 aliphatic rings. The molecular formula is C29H26Cl2N2O5S. The normalized spacial score (nSPS) is 11.1. The molecule has 0 heterocycles. The average Bonchev–Trinajstić information content (AvgIpc) is 2.90. The Labute approximate surface area is 237 Å². The molecule has 0 saturated carbocycles. The van der Waals surface area contributed by atoms with Crippen molar-refractivity contribution >= 4 is 50.5 Å². The molecule has 0 aromatic heterocycles. The summed E-state index contributed by atoms with van der Waals surface area (Å²) in [6.45, 7) is 3.08. The highest BCUT2D eigenvalue weighted by atomic mass is 35.5. The average molecular weight is 586 g/mol. The van der Waals surface area contributed by atoms with Crippen molar-refractivity contribution in [3.63, 3.8) is 0 Å². The van der Waals surface area contributed by atoms with Gasteiger partial charge in [-0.1, -0.05) is 53.0 Å². The minimum atomic E-state index is -4.11. The quantitative estimate of drug-likeness (QED) is 0.224. The number of carbonyl (C=O) groups excluding carboxylic acids is 1. The fourth-order valence-corrected chi connectivity index (χ4v) is 5.75. The van der Waals surface area contributed by atoms with Crippen LogP contribution in [0.25, 0.3) is 0 Å². The lowest BCUT2D eigenvalue weighted by atomic mass is 10.2. The molecule has 7 nitrogen and oxygen atoms in total. The van der Waals surface area contributed by atoms with E-state index in [4.69, 9.17) is 32.7 Å². The maximum Gasteiger partial charge on any atom is 0.264 e. The van der Waals surface area contributed by atoms with Crippen molar-refractivity contribution in [1.29, 1.82) is 0 Å². The van der Waals surface area contributed by atoms with Gasteiger partial charge in [0.25, 0.3) is 10.0 Å². The predicted octanol–water partition coefficient (Wildman–Crippen LogP) is 7.25. The minimum absolute atomic E-state index is 0.0539. The Morgan fingerprint density at radius 2 is 1.49 bits per heavy atom. The Balaban J connectivity index is 1.68. The number of methoxy groups -OCH3 is 1. The van der Waals surface area contributed by atoms with Crippen LogP contribution in [0.4, 0.5) is 11.4 Å². The fraction of sp³-hybridized carbons (Fsp3) is 0.138. The van der Waals surface area contributed by atoms with Gasteiger partial charge in [0.1, 0.15) is 6.54 Å². The summed E-state index contributed by atoms with van der Waals surface area (Å²) in [7, 11) is -2.59. The molecule has 0 spiro atoms. The Kier molecular flexibility index (Phi) is 8.70. The van der Waals surface area contributed by atoms with Crippen molar-refractivity contribution in [2.24, 2.45) is 0 Å². The van der Waals surface area contributed by atoms with E-state index in [2.05, 4.69) is 5.32 Å². The highest BCUT2D eigenvalue weighted by Gasteiger charge is 2.29. The summed E-state index contributed by atoms with van der Waals surface area (Å²) < 4.78 is 39.9. The van der Waals surface area contributed by atoms with Crippen LogP contribution in [0.15, 0.2) is 89.8 Å². The number of halogens is 2. The van der Waals surface area contributed by atoms with Gasteiger partial charge < -0.3 is 14.8 Å². The number of nitrogens with one attached hydrogen (secondary N) is 1. The molecule has 4 rings (SSSR count). The first kappa shape index (κ1) is 28.3. The summed E-state index contributed by atoms with van der Waals surface area (Å²) in [5.41, 5.74) is 2.09. The van der Waals surface area contributed by atoms with E-state index in [1.807, 2.05) is 6.92 Å². The van der Waals surface area contributed by atoms with Crippen LogP contribution in [-0.2, 0) is 14.8 Å².